The second kappa shape index (κ2) is 15.9. The molecule has 0 aromatic heterocycles. The van der Waals surface area contributed by atoms with Crippen molar-refractivity contribution >= 4 is 22.6 Å². The Morgan fingerprint density at radius 2 is 1.75 bits per heavy atom. The summed E-state index contributed by atoms with van der Waals surface area (Å²) < 4.78 is 42.0. The Bertz CT molecular complexity index is 1450. The van der Waals surface area contributed by atoms with Gasteiger partial charge in [-0.05, 0) is 93.0 Å². The molecule has 4 aliphatic heterocycles. The molecule has 3 saturated heterocycles. The van der Waals surface area contributed by atoms with E-state index in [0.29, 0.717) is 37.7 Å². The number of allylic oxidation sites excluding steroid dienone is 2. The van der Waals surface area contributed by atoms with Crippen molar-refractivity contribution in [1.82, 2.24) is 0 Å². The molecule has 0 aromatic carbocycles. The van der Waals surface area contributed by atoms with Crippen LogP contribution in [0.4, 0.5) is 0 Å². The molecular formula is C43H72O8Si2. The first-order valence-electron chi connectivity index (χ1n) is 20.5. The molecule has 0 amide bonds. The first-order valence-corrected chi connectivity index (χ1v) is 26.8. The van der Waals surface area contributed by atoms with Gasteiger partial charge in [0.15, 0.2) is 22.4 Å². The van der Waals surface area contributed by atoms with Gasteiger partial charge in [-0.1, -0.05) is 85.3 Å². The van der Waals surface area contributed by atoms with E-state index >= 15 is 4.79 Å². The van der Waals surface area contributed by atoms with Gasteiger partial charge in [-0.25, -0.2) is 0 Å². The largest absolute Gasteiger partial charge is 0.462 e. The van der Waals surface area contributed by atoms with Crippen molar-refractivity contribution in [2.45, 2.75) is 187 Å². The highest BCUT2D eigenvalue weighted by molar-refractivity contribution is 6.74. The molecule has 0 radical (unpaired) electrons. The first kappa shape index (κ1) is 42.8. The van der Waals surface area contributed by atoms with Gasteiger partial charge in [-0.3, -0.25) is 4.79 Å². The zero-order chi connectivity index (χ0) is 39.3. The van der Waals surface area contributed by atoms with Gasteiger partial charge in [-0.2, -0.15) is 0 Å². The molecule has 0 aromatic rings. The van der Waals surface area contributed by atoms with Crippen LogP contribution in [0.15, 0.2) is 47.1 Å². The standard InChI is InChI=1S/C43H72O8Si2/c1-15-27(2)37-30(5)21-22-42(49-37)25-34-24-33(48-42)20-19-29(4)36(44)28(3)17-16-18-32-26-46-39-38(50-53(13,14)41(7,8)9)31(6)23-35(40(45)47-34)43(32,39)51-52(10,11)12/h16-19,23,27-28,30,33-39,44H,15,20-22,24-26H2,1-14H3/b17-16+,29-19+,32-18+/t27-,28-,30-,33+,34-,35-,36-,37+,38+,39+,42+,43+/m0/s1. The van der Waals surface area contributed by atoms with Gasteiger partial charge in [-0.15, -0.1) is 0 Å². The van der Waals surface area contributed by atoms with Gasteiger partial charge >= 0.3 is 5.97 Å². The van der Waals surface area contributed by atoms with E-state index in [0.717, 1.165) is 36.0 Å². The third-order valence-electron chi connectivity index (χ3n) is 13.1. The highest BCUT2D eigenvalue weighted by Crippen LogP contribution is 2.52. The second-order valence-electron chi connectivity index (χ2n) is 19.6. The Morgan fingerprint density at radius 3 is 2.40 bits per heavy atom. The summed E-state index contributed by atoms with van der Waals surface area (Å²) in [4.78, 5) is 15.0. The summed E-state index contributed by atoms with van der Waals surface area (Å²) in [6.45, 7) is 30.9. The van der Waals surface area contributed by atoms with Crippen molar-refractivity contribution in [3.05, 3.63) is 47.1 Å². The van der Waals surface area contributed by atoms with Crippen molar-refractivity contribution in [3.8, 4) is 0 Å². The molecule has 300 valence electrons. The lowest BCUT2D eigenvalue weighted by molar-refractivity contribution is -0.340. The molecule has 12 atom stereocenters. The maximum atomic E-state index is 15.0. The Morgan fingerprint density at radius 1 is 1.06 bits per heavy atom. The molecular weight excluding hydrogens is 701 g/mol. The zero-order valence-electron chi connectivity index (χ0n) is 35.4. The molecule has 3 fully saturated rings. The summed E-state index contributed by atoms with van der Waals surface area (Å²) in [6, 6.07) is 0. The molecule has 1 spiro atoms. The van der Waals surface area contributed by atoms with Crippen molar-refractivity contribution in [2.24, 2.45) is 23.7 Å². The molecule has 4 heterocycles. The van der Waals surface area contributed by atoms with Crippen LogP contribution in [0.5, 0.6) is 0 Å². The molecule has 0 unspecified atom stereocenters. The van der Waals surface area contributed by atoms with Crippen LogP contribution in [-0.4, -0.2) is 82.3 Å². The Labute approximate surface area is 323 Å². The molecule has 5 rings (SSSR count). The fraction of sp³-hybridized carbons (Fsp3) is 0.791. The van der Waals surface area contributed by atoms with Crippen molar-refractivity contribution in [3.63, 3.8) is 0 Å². The van der Waals surface area contributed by atoms with Crippen molar-refractivity contribution < 1.29 is 37.7 Å². The third kappa shape index (κ3) is 8.95. The number of rotatable bonds is 6. The maximum Gasteiger partial charge on any atom is 0.316 e. The minimum Gasteiger partial charge on any atom is -0.462 e. The molecule has 2 bridgehead atoms. The highest BCUT2D eigenvalue weighted by atomic mass is 28.4. The smallest absolute Gasteiger partial charge is 0.316 e. The molecule has 10 heteroatoms. The van der Waals surface area contributed by atoms with Crippen LogP contribution in [0.1, 0.15) is 101 Å². The number of hydrogen-bond acceptors (Lipinski definition) is 8. The van der Waals surface area contributed by atoms with Gasteiger partial charge in [0.2, 0.25) is 0 Å². The van der Waals surface area contributed by atoms with Crippen LogP contribution in [0.25, 0.3) is 0 Å². The zero-order valence-corrected chi connectivity index (χ0v) is 37.4. The van der Waals surface area contributed by atoms with Gasteiger partial charge in [0.1, 0.15) is 23.7 Å². The van der Waals surface area contributed by atoms with E-state index in [1.165, 1.54) is 0 Å². The fourth-order valence-corrected chi connectivity index (χ4v) is 11.5. The van der Waals surface area contributed by atoms with Crippen LogP contribution in [0, 0.1) is 23.7 Å². The summed E-state index contributed by atoms with van der Waals surface area (Å²) in [5.41, 5.74) is 1.66. The summed E-state index contributed by atoms with van der Waals surface area (Å²) in [5.74, 6) is -1.23. The number of ether oxygens (including phenoxy) is 4. The molecule has 1 aliphatic carbocycles. The van der Waals surface area contributed by atoms with E-state index in [9.17, 15) is 5.11 Å². The third-order valence-corrected chi connectivity index (χ3v) is 18.5. The first-order chi connectivity index (χ1) is 24.5. The van der Waals surface area contributed by atoms with Crippen LogP contribution < -0.4 is 0 Å². The number of aliphatic hydroxyl groups excluding tert-OH is 1. The normalized spacial score (nSPS) is 42.1. The Hall–Kier alpha value is -1.38. The number of esters is 1. The predicted octanol–water partition coefficient (Wildman–Crippen LogP) is 9.42. The van der Waals surface area contributed by atoms with E-state index < -0.39 is 52.3 Å². The number of carbonyl (C=O) groups is 1. The molecule has 1 N–H and O–H groups in total. The van der Waals surface area contributed by atoms with E-state index in [1.54, 1.807) is 0 Å². The van der Waals surface area contributed by atoms with E-state index in [1.807, 2.05) is 26.0 Å². The topological polar surface area (TPSA) is 92.7 Å². The van der Waals surface area contributed by atoms with Gasteiger partial charge in [0.05, 0.1) is 31.0 Å². The summed E-state index contributed by atoms with van der Waals surface area (Å²) in [6.07, 6.45) is 12.5. The van der Waals surface area contributed by atoms with Crippen LogP contribution in [0.2, 0.25) is 37.8 Å². The van der Waals surface area contributed by atoms with E-state index in [4.69, 9.17) is 27.8 Å². The van der Waals surface area contributed by atoms with Crippen molar-refractivity contribution in [1.29, 1.82) is 0 Å². The quantitative estimate of drug-likeness (QED) is 0.162. The minimum atomic E-state index is -2.34. The maximum absolute atomic E-state index is 15.0. The fourth-order valence-electron chi connectivity index (χ4n) is 8.85. The van der Waals surface area contributed by atoms with Crippen LogP contribution in [-0.2, 0) is 32.6 Å². The highest BCUT2D eigenvalue weighted by Gasteiger charge is 2.64. The Balaban J connectivity index is 1.64. The average molecular weight is 773 g/mol. The van der Waals surface area contributed by atoms with Gasteiger partial charge < -0.3 is 32.9 Å². The molecule has 8 nitrogen and oxygen atoms in total. The van der Waals surface area contributed by atoms with E-state index in [-0.39, 0.29) is 35.2 Å². The van der Waals surface area contributed by atoms with Crippen LogP contribution >= 0.6 is 0 Å². The predicted molar refractivity (Wildman–Crippen MR) is 216 cm³/mol. The lowest BCUT2D eigenvalue weighted by Gasteiger charge is -2.52. The number of fused-ring (bicyclic) bond motifs is 2. The minimum absolute atomic E-state index is 0.0254. The van der Waals surface area contributed by atoms with E-state index in [2.05, 4.69) is 99.4 Å². The summed E-state index contributed by atoms with van der Waals surface area (Å²) in [7, 11) is -4.62. The second-order valence-corrected chi connectivity index (χ2v) is 28.8. The lowest BCUT2D eigenvalue weighted by atomic mass is 9.71. The summed E-state index contributed by atoms with van der Waals surface area (Å²) in [5, 5.41) is 11.4. The van der Waals surface area contributed by atoms with Crippen molar-refractivity contribution in [2.75, 3.05) is 6.61 Å². The lowest BCUT2D eigenvalue weighted by Crippen LogP contribution is -2.64. The van der Waals surface area contributed by atoms with Crippen LogP contribution in [0.3, 0.4) is 0 Å². The van der Waals surface area contributed by atoms with Gasteiger partial charge in [0, 0.05) is 25.2 Å². The monoisotopic (exact) mass is 772 g/mol. The SMILES string of the molecule is CC[C@H](C)[C@H]1O[C@]2(CC[C@@H]1C)C[C@@H]1C[C@@H](C/C=C(\C)[C@@H](O)[C@@H](C)/C=C/C=C3\CO[C@@H]4[C@H](O[Si](C)(C)C(C)(C)C)C(C)=C[C@@H](C(=O)O1)[C@]34O[Si](C)(C)C)O2. The molecule has 5 aliphatic rings. The average Bonchev–Trinajstić information content (AvgIpc) is 3.41. The number of carbonyl (C=O) groups excluding carboxylic acids is 1. The summed E-state index contributed by atoms with van der Waals surface area (Å²) >= 11 is 0. The molecule has 0 saturated carbocycles. The molecule has 53 heavy (non-hydrogen) atoms. The number of aliphatic hydroxyl groups is 1. The number of hydrogen-bond donors (Lipinski definition) is 1. The Kier molecular flexibility index (Phi) is 12.8. The van der Waals surface area contributed by atoms with Gasteiger partial charge in [0.25, 0.3) is 0 Å².